The van der Waals surface area contributed by atoms with Gasteiger partial charge in [-0.1, -0.05) is 12.1 Å². The number of hydrogen-bond donors (Lipinski definition) is 1. The fourth-order valence-electron chi connectivity index (χ4n) is 1.77. The van der Waals surface area contributed by atoms with Crippen LogP contribution in [0.5, 0.6) is 0 Å². The van der Waals surface area contributed by atoms with Crippen molar-refractivity contribution in [1.82, 2.24) is 5.32 Å². The molecule has 1 N–H and O–H groups in total. The molecule has 1 aliphatic heterocycles. The third-order valence-electron chi connectivity index (χ3n) is 2.45. The number of nitrogens with one attached hydrogen (secondary N) is 1. The van der Waals surface area contributed by atoms with Crippen LogP contribution < -0.4 is 5.32 Å². The molecule has 0 spiro atoms. The van der Waals surface area contributed by atoms with Crippen molar-refractivity contribution < 1.29 is 4.39 Å². The molecule has 0 amide bonds. The lowest BCUT2D eigenvalue weighted by Gasteiger charge is -2.23. The van der Waals surface area contributed by atoms with Crippen LogP contribution in [0.15, 0.2) is 18.2 Å². The predicted octanol–water partition coefficient (Wildman–Crippen LogP) is 2.03. The second-order valence-electron chi connectivity index (χ2n) is 3.23. The minimum absolute atomic E-state index is 0.0548. The third-order valence-corrected chi connectivity index (χ3v) is 2.45. The van der Waals surface area contributed by atoms with Crippen LogP contribution in [-0.4, -0.2) is 6.54 Å². The molecule has 0 saturated carbocycles. The highest BCUT2D eigenvalue weighted by Gasteiger charge is 2.17. The van der Waals surface area contributed by atoms with Gasteiger partial charge in [-0.3, -0.25) is 0 Å². The summed E-state index contributed by atoms with van der Waals surface area (Å²) >= 11 is 0. The van der Waals surface area contributed by atoms with Gasteiger partial charge in [-0.05, 0) is 37.1 Å². The molecular formula is C10H12FN. The van der Waals surface area contributed by atoms with Crippen molar-refractivity contribution in [1.29, 1.82) is 0 Å². The van der Waals surface area contributed by atoms with Crippen LogP contribution in [0.1, 0.15) is 24.1 Å². The first kappa shape index (κ1) is 7.74. The minimum Gasteiger partial charge on any atom is -0.310 e. The predicted molar refractivity (Wildman–Crippen MR) is 46.5 cm³/mol. The van der Waals surface area contributed by atoms with E-state index in [2.05, 4.69) is 12.2 Å². The van der Waals surface area contributed by atoms with Crippen LogP contribution in [0.3, 0.4) is 0 Å². The number of fused-ring (bicyclic) bond motifs is 1. The molecule has 0 radical (unpaired) electrons. The standard InChI is InChI=1S/C10H12FN/c1-7-8-3-2-4-10(11)9(8)5-6-12-7/h2-4,7,12H,5-6H2,1H3/t7-/m0/s1. The van der Waals surface area contributed by atoms with E-state index in [0.717, 1.165) is 24.1 Å². The summed E-state index contributed by atoms with van der Waals surface area (Å²) in [5.74, 6) is -0.0548. The van der Waals surface area contributed by atoms with Crippen LogP contribution in [0, 0.1) is 5.82 Å². The lowest BCUT2D eigenvalue weighted by molar-refractivity contribution is 0.513. The van der Waals surface area contributed by atoms with Crippen molar-refractivity contribution >= 4 is 0 Å². The Labute approximate surface area is 71.6 Å². The Balaban J connectivity index is 2.52. The van der Waals surface area contributed by atoms with Crippen LogP contribution >= 0.6 is 0 Å². The lowest BCUT2D eigenvalue weighted by atomic mass is 9.95. The summed E-state index contributed by atoms with van der Waals surface area (Å²) in [5.41, 5.74) is 2.00. The number of rotatable bonds is 0. The van der Waals surface area contributed by atoms with Crippen LogP contribution in [0.2, 0.25) is 0 Å². The first-order chi connectivity index (χ1) is 5.79. The fraction of sp³-hybridized carbons (Fsp3) is 0.400. The molecule has 0 unspecified atom stereocenters. The molecule has 1 atom stereocenters. The van der Waals surface area contributed by atoms with Crippen molar-refractivity contribution in [2.24, 2.45) is 0 Å². The Hall–Kier alpha value is -0.890. The summed E-state index contributed by atoms with van der Waals surface area (Å²) in [7, 11) is 0. The highest BCUT2D eigenvalue weighted by molar-refractivity contribution is 5.33. The van der Waals surface area contributed by atoms with E-state index >= 15 is 0 Å². The third kappa shape index (κ3) is 1.12. The van der Waals surface area contributed by atoms with Gasteiger partial charge in [-0.15, -0.1) is 0 Å². The molecule has 0 aromatic heterocycles. The van der Waals surface area contributed by atoms with Gasteiger partial charge in [0.1, 0.15) is 5.82 Å². The molecule has 0 saturated heterocycles. The molecule has 64 valence electrons. The summed E-state index contributed by atoms with van der Waals surface area (Å²) in [5, 5.41) is 3.30. The Morgan fingerprint density at radius 1 is 1.50 bits per heavy atom. The highest BCUT2D eigenvalue weighted by Crippen LogP contribution is 2.23. The molecule has 2 heteroatoms. The van der Waals surface area contributed by atoms with E-state index in [4.69, 9.17) is 0 Å². The van der Waals surface area contributed by atoms with Crippen LogP contribution in [0.4, 0.5) is 4.39 Å². The second-order valence-corrected chi connectivity index (χ2v) is 3.23. The van der Waals surface area contributed by atoms with Gasteiger partial charge in [0.25, 0.3) is 0 Å². The molecule has 1 heterocycles. The smallest absolute Gasteiger partial charge is 0.126 e. The monoisotopic (exact) mass is 165 g/mol. The van der Waals surface area contributed by atoms with Crippen molar-refractivity contribution in [3.05, 3.63) is 35.1 Å². The minimum atomic E-state index is -0.0548. The maximum absolute atomic E-state index is 13.2. The Morgan fingerprint density at radius 2 is 2.33 bits per heavy atom. The highest BCUT2D eigenvalue weighted by atomic mass is 19.1. The van der Waals surface area contributed by atoms with Crippen molar-refractivity contribution in [3.8, 4) is 0 Å². The van der Waals surface area contributed by atoms with Gasteiger partial charge in [0.05, 0.1) is 0 Å². The molecule has 0 bridgehead atoms. The molecule has 0 fully saturated rings. The first-order valence-corrected chi connectivity index (χ1v) is 4.29. The molecule has 2 rings (SSSR count). The zero-order chi connectivity index (χ0) is 8.55. The van der Waals surface area contributed by atoms with Crippen molar-refractivity contribution in [2.75, 3.05) is 6.54 Å². The van der Waals surface area contributed by atoms with E-state index in [1.54, 1.807) is 6.07 Å². The Morgan fingerprint density at radius 3 is 3.08 bits per heavy atom. The zero-order valence-electron chi connectivity index (χ0n) is 7.10. The van der Waals surface area contributed by atoms with Crippen molar-refractivity contribution in [3.63, 3.8) is 0 Å². The van der Waals surface area contributed by atoms with Gasteiger partial charge < -0.3 is 5.32 Å². The van der Waals surface area contributed by atoms with Crippen LogP contribution in [-0.2, 0) is 6.42 Å². The first-order valence-electron chi connectivity index (χ1n) is 4.29. The number of benzene rings is 1. The van der Waals surface area contributed by atoms with E-state index in [0.29, 0.717) is 6.04 Å². The van der Waals surface area contributed by atoms with Gasteiger partial charge in [0.15, 0.2) is 0 Å². The molecule has 1 aromatic rings. The molecule has 12 heavy (non-hydrogen) atoms. The van der Waals surface area contributed by atoms with Gasteiger partial charge in [-0.2, -0.15) is 0 Å². The molecule has 0 aliphatic carbocycles. The molecule has 1 aliphatic rings. The summed E-state index contributed by atoms with van der Waals surface area (Å²) in [4.78, 5) is 0. The van der Waals surface area contributed by atoms with Gasteiger partial charge in [0.2, 0.25) is 0 Å². The number of halogens is 1. The largest absolute Gasteiger partial charge is 0.310 e. The second kappa shape index (κ2) is 2.87. The normalized spacial score (nSPS) is 22.0. The van der Waals surface area contributed by atoms with Crippen molar-refractivity contribution in [2.45, 2.75) is 19.4 Å². The molecule has 1 aromatic carbocycles. The topological polar surface area (TPSA) is 12.0 Å². The quantitative estimate of drug-likeness (QED) is 0.620. The van der Waals surface area contributed by atoms with E-state index in [1.165, 1.54) is 6.07 Å². The lowest BCUT2D eigenvalue weighted by Crippen LogP contribution is -2.28. The summed E-state index contributed by atoms with van der Waals surface area (Å²) < 4.78 is 13.2. The number of hydrogen-bond acceptors (Lipinski definition) is 1. The molecular weight excluding hydrogens is 153 g/mol. The average Bonchev–Trinajstić information content (AvgIpc) is 2.07. The Kier molecular flexibility index (Phi) is 1.85. The summed E-state index contributed by atoms with van der Waals surface area (Å²) in [6.45, 7) is 2.95. The Bertz CT molecular complexity index is 296. The SMILES string of the molecule is C[C@@H]1NCCc2c(F)cccc21. The fourth-order valence-corrected chi connectivity index (χ4v) is 1.77. The van der Waals surface area contributed by atoms with E-state index < -0.39 is 0 Å². The average molecular weight is 165 g/mol. The van der Waals surface area contributed by atoms with E-state index in [-0.39, 0.29) is 5.82 Å². The maximum Gasteiger partial charge on any atom is 0.126 e. The van der Waals surface area contributed by atoms with Crippen LogP contribution in [0.25, 0.3) is 0 Å². The van der Waals surface area contributed by atoms with Gasteiger partial charge >= 0.3 is 0 Å². The van der Waals surface area contributed by atoms with Gasteiger partial charge in [-0.25, -0.2) is 4.39 Å². The summed E-state index contributed by atoms with van der Waals surface area (Å²) in [6.07, 6.45) is 0.812. The zero-order valence-corrected chi connectivity index (χ0v) is 7.10. The maximum atomic E-state index is 13.2. The summed E-state index contributed by atoms with van der Waals surface area (Å²) in [6, 6.07) is 5.61. The molecule has 1 nitrogen and oxygen atoms in total. The van der Waals surface area contributed by atoms with E-state index in [1.807, 2.05) is 6.07 Å². The van der Waals surface area contributed by atoms with E-state index in [9.17, 15) is 4.39 Å². The van der Waals surface area contributed by atoms with Gasteiger partial charge in [0, 0.05) is 6.04 Å².